The van der Waals surface area contributed by atoms with E-state index in [4.69, 9.17) is 20.4 Å². The maximum Gasteiger partial charge on any atom is 0.0878 e. The maximum atomic E-state index is 8.63. The molecule has 0 saturated heterocycles. The SMILES string of the molecule is OC=C1C(=CO)C(=CO)C1=CO. The van der Waals surface area contributed by atoms with Crippen molar-refractivity contribution in [2.45, 2.75) is 0 Å². The second kappa shape index (κ2) is 3.04. The van der Waals surface area contributed by atoms with Crippen LogP contribution in [0.4, 0.5) is 0 Å². The van der Waals surface area contributed by atoms with Crippen LogP contribution >= 0.6 is 0 Å². The predicted molar refractivity (Wildman–Crippen MR) is 42.8 cm³/mol. The van der Waals surface area contributed by atoms with E-state index in [0.717, 1.165) is 25.0 Å². The third-order valence-corrected chi connectivity index (χ3v) is 1.68. The number of hydrogen-bond donors (Lipinski definition) is 4. The number of rotatable bonds is 0. The summed E-state index contributed by atoms with van der Waals surface area (Å²) in [5.74, 6) is 0. The van der Waals surface area contributed by atoms with E-state index in [2.05, 4.69) is 0 Å². The molecule has 0 amide bonds. The van der Waals surface area contributed by atoms with Crippen molar-refractivity contribution in [3.8, 4) is 0 Å². The van der Waals surface area contributed by atoms with E-state index in [1.54, 1.807) is 0 Å². The maximum absolute atomic E-state index is 8.63. The minimum atomic E-state index is 0.292. The van der Waals surface area contributed by atoms with Gasteiger partial charge in [0.25, 0.3) is 0 Å². The first kappa shape index (κ1) is 8.26. The highest BCUT2D eigenvalue weighted by Gasteiger charge is 2.30. The molecule has 4 nitrogen and oxygen atoms in total. The first-order chi connectivity index (χ1) is 5.79. The van der Waals surface area contributed by atoms with Crippen LogP contribution in [0, 0.1) is 0 Å². The van der Waals surface area contributed by atoms with E-state index in [1.165, 1.54) is 0 Å². The predicted octanol–water partition coefficient (Wildman–Crippen LogP) is 1.77. The van der Waals surface area contributed by atoms with Crippen molar-refractivity contribution in [1.82, 2.24) is 0 Å². The fourth-order valence-corrected chi connectivity index (χ4v) is 1.07. The molecule has 1 saturated carbocycles. The second-order valence-electron chi connectivity index (χ2n) is 2.17. The highest BCUT2D eigenvalue weighted by Crippen LogP contribution is 2.42. The topological polar surface area (TPSA) is 80.9 Å². The molecule has 0 unspecified atom stereocenters. The lowest BCUT2D eigenvalue weighted by molar-refractivity contribution is 0.440. The summed E-state index contributed by atoms with van der Waals surface area (Å²) in [6, 6.07) is 0. The highest BCUT2D eigenvalue weighted by atomic mass is 16.3. The van der Waals surface area contributed by atoms with Crippen LogP contribution in [0.3, 0.4) is 0 Å². The summed E-state index contributed by atoms with van der Waals surface area (Å²) in [4.78, 5) is 0. The van der Waals surface area contributed by atoms with E-state index in [-0.39, 0.29) is 0 Å². The Balaban J connectivity index is 3.14. The molecule has 0 heterocycles. The van der Waals surface area contributed by atoms with Gasteiger partial charge in [0.2, 0.25) is 0 Å². The van der Waals surface area contributed by atoms with E-state index in [0.29, 0.717) is 22.3 Å². The number of aliphatic hydroxyl groups excluding tert-OH is 4. The molecule has 0 aromatic carbocycles. The summed E-state index contributed by atoms with van der Waals surface area (Å²) in [6.45, 7) is 0. The largest absolute Gasteiger partial charge is 0.515 e. The van der Waals surface area contributed by atoms with Crippen LogP contribution in [0.15, 0.2) is 47.3 Å². The zero-order chi connectivity index (χ0) is 9.14. The molecule has 0 aliphatic heterocycles. The molecule has 1 aliphatic rings. The first-order valence-electron chi connectivity index (χ1n) is 3.19. The van der Waals surface area contributed by atoms with Gasteiger partial charge in [0.05, 0.1) is 25.0 Å². The Labute approximate surface area is 68.7 Å². The van der Waals surface area contributed by atoms with Crippen LogP contribution in [-0.4, -0.2) is 20.4 Å². The Hall–Kier alpha value is -1.84. The normalized spacial score (nSPS) is 15.3. The molecule has 0 spiro atoms. The summed E-state index contributed by atoms with van der Waals surface area (Å²) in [7, 11) is 0. The third-order valence-electron chi connectivity index (χ3n) is 1.68. The van der Waals surface area contributed by atoms with Gasteiger partial charge >= 0.3 is 0 Å². The number of allylic oxidation sites excluding steroid dienone is 4. The van der Waals surface area contributed by atoms with Gasteiger partial charge < -0.3 is 20.4 Å². The van der Waals surface area contributed by atoms with Gasteiger partial charge in [-0.25, -0.2) is 0 Å². The van der Waals surface area contributed by atoms with Crippen LogP contribution in [-0.2, 0) is 0 Å². The zero-order valence-corrected chi connectivity index (χ0v) is 6.10. The Morgan fingerprint density at radius 1 is 0.500 bits per heavy atom. The molecule has 0 aromatic heterocycles. The van der Waals surface area contributed by atoms with Gasteiger partial charge in [-0.1, -0.05) is 0 Å². The third kappa shape index (κ3) is 0.852. The number of aliphatic hydroxyl groups is 4. The molecule has 1 fully saturated rings. The average molecular weight is 168 g/mol. The van der Waals surface area contributed by atoms with E-state index >= 15 is 0 Å². The Kier molecular flexibility index (Phi) is 2.09. The molecule has 4 N–H and O–H groups in total. The van der Waals surface area contributed by atoms with Gasteiger partial charge in [-0.2, -0.15) is 0 Å². The Morgan fingerprint density at radius 3 is 0.750 bits per heavy atom. The van der Waals surface area contributed by atoms with Gasteiger partial charge in [0, 0.05) is 22.3 Å². The molecule has 0 radical (unpaired) electrons. The number of hydrogen-bond acceptors (Lipinski definition) is 4. The molecular weight excluding hydrogens is 160 g/mol. The lowest BCUT2D eigenvalue weighted by Gasteiger charge is -2.25. The smallest absolute Gasteiger partial charge is 0.0878 e. The van der Waals surface area contributed by atoms with Gasteiger partial charge in [-0.15, -0.1) is 0 Å². The van der Waals surface area contributed by atoms with Crippen molar-refractivity contribution < 1.29 is 20.4 Å². The first-order valence-corrected chi connectivity index (χ1v) is 3.19. The van der Waals surface area contributed by atoms with Gasteiger partial charge in [0.15, 0.2) is 0 Å². The standard InChI is InChI=1S/C8H8O4/c9-1-5-6(2-10)8(4-12)7(5)3-11/h1-4,9-12H. The van der Waals surface area contributed by atoms with E-state index in [1.807, 2.05) is 0 Å². The molecule has 0 atom stereocenters. The molecule has 4 heteroatoms. The Morgan fingerprint density at radius 2 is 0.667 bits per heavy atom. The summed E-state index contributed by atoms with van der Waals surface area (Å²) in [6.07, 6.45) is 2.99. The van der Waals surface area contributed by atoms with E-state index in [9.17, 15) is 0 Å². The minimum Gasteiger partial charge on any atom is -0.515 e. The zero-order valence-electron chi connectivity index (χ0n) is 6.10. The molecule has 0 aromatic rings. The monoisotopic (exact) mass is 168 g/mol. The molecule has 64 valence electrons. The van der Waals surface area contributed by atoms with Crippen molar-refractivity contribution >= 4 is 0 Å². The van der Waals surface area contributed by atoms with Gasteiger partial charge in [-0.05, 0) is 0 Å². The molecule has 0 bridgehead atoms. The van der Waals surface area contributed by atoms with Crippen molar-refractivity contribution in [3.63, 3.8) is 0 Å². The van der Waals surface area contributed by atoms with E-state index < -0.39 is 0 Å². The molecule has 1 aliphatic carbocycles. The van der Waals surface area contributed by atoms with Crippen molar-refractivity contribution in [2.24, 2.45) is 0 Å². The second-order valence-corrected chi connectivity index (χ2v) is 2.17. The van der Waals surface area contributed by atoms with Crippen molar-refractivity contribution in [2.75, 3.05) is 0 Å². The highest BCUT2D eigenvalue weighted by molar-refractivity contribution is 5.76. The summed E-state index contributed by atoms with van der Waals surface area (Å²) in [5.41, 5.74) is 1.17. The molecule has 12 heavy (non-hydrogen) atoms. The summed E-state index contributed by atoms with van der Waals surface area (Å²) < 4.78 is 0. The fourth-order valence-electron chi connectivity index (χ4n) is 1.07. The minimum absolute atomic E-state index is 0.292. The lowest BCUT2D eigenvalue weighted by atomic mass is 9.77. The average Bonchev–Trinajstić information content (AvgIpc) is 2.05. The summed E-state index contributed by atoms with van der Waals surface area (Å²) >= 11 is 0. The van der Waals surface area contributed by atoms with Crippen LogP contribution in [0.5, 0.6) is 0 Å². The van der Waals surface area contributed by atoms with Crippen LogP contribution in [0.25, 0.3) is 0 Å². The van der Waals surface area contributed by atoms with Crippen molar-refractivity contribution in [3.05, 3.63) is 47.3 Å². The summed E-state index contributed by atoms with van der Waals surface area (Å²) in [5, 5.41) is 34.5. The van der Waals surface area contributed by atoms with Crippen LogP contribution in [0.2, 0.25) is 0 Å². The van der Waals surface area contributed by atoms with Gasteiger partial charge in [0.1, 0.15) is 0 Å². The fraction of sp³-hybridized carbons (Fsp3) is 0. The Bertz CT molecular complexity index is 227. The quantitative estimate of drug-likeness (QED) is 0.415. The molecule has 1 rings (SSSR count). The lowest BCUT2D eigenvalue weighted by Crippen LogP contribution is -2.13. The van der Waals surface area contributed by atoms with Crippen molar-refractivity contribution in [1.29, 1.82) is 0 Å². The molecular formula is C8H8O4. The van der Waals surface area contributed by atoms with Crippen LogP contribution in [0.1, 0.15) is 0 Å². The van der Waals surface area contributed by atoms with Crippen LogP contribution < -0.4 is 0 Å². The van der Waals surface area contributed by atoms with Gasteiger partial charge in [-0.3, -0.25) is 0 Å².